The second-order valence-corrected chi connectivity index (χ2v) is 9.60. The molecule has 3 nitrogen and oxygen atoms in total. The highest BCUT2D eigenvalue weighted by atomic mass is 32.2. The van der Waals surface area contributed by atoms with Gasteiger partial charge in [-0.3, -0.25) is 0 Å². The van der Waals surface area contributed by atoms with Crippen molar-refractivity contribution in [3.8, 4) is 0 Å². The number of alkyl halides is 3. The fourth-order valence-electron chi connectivity index (χ4n) is 4.07. The van der Waals surface area contributed by atoms with Crippen LogP contribution >= 0.6 is 11.8 Å². The Kier molecular flexibility index (Phi) is 6.74. The summed E-state index contributed by atoms with van der Waals surface area (Å²) in [5.41, 5.74) is 10.5. The van der Waals surface area contributed by atoms with Crippen LogP contribution in [0.2, 0.25) is 0 Å². The molecule has 0 saturated carbocycles. The molecule has 0 radical (unpaired) electrons. The van der Waals surface area contributed by atoms with Gasteiger partial charge in [-0.25, -0.2) is 4.79 Å². The Morgan fingerprint density at radius 3 is 2.23 bits per heavy atom. The number of hydrogen-bond acceptors (Lipinski definition) is 4. The number of nitrogens with two attached hydrogens (primary N) is 1. The van der Waals surface area contributed by atoms with Crippen LogP contribution in [-0.2, 0) is 15.7 Å². The fourth-order valence-corrected chi connectivity index (χ4v) is 5.14. The lowest BCUT2D eigenvalue weighted by molar-refractivity contribution is -0.143. The van der Waals surface area contributed by atoms with Crippen LogP contribution in [0.15, 0.2) is 47.0 Å². The molecule has 0 aliphatic carbocycles. The van der Waals surface area contributed by atoms with Crippen molar-refractivity contribution in [1.82, 2.24) is 0 Å². The van der Waals surface area contributed by atoms with Crippen LogP contribution in [-0.4, -0.2) is 17.3 Å². The molecule has 0 amide bonds. The van der Waals surface area contributed by atoms with E-state index in [0.717, 1.165) is 39.3 Å². The third kappa shape index (κ3) is 5.45. The Balaban J connectivity index is 1.69. The minimum absolute atomic E-state index is 0.0340. The van der Waals surface area contributed by atoms with E-state index in [4.69, 9.17) is 10.5 Å². The van der Waals surface area contributed by atoms with Gasteiger partial charge in [0.1, 0.15) is 6.10 Å². The number of rotatable bonds is 5. The Hall–Kier alpha value is -2.41. The second-order valence-electron chi connectivity index (χ2n) is 8.09. The molecule has 7 heteroatoms. The summed E-state index contributed by atoms with van der Waals surface area (Å²) in [6.07, 6.45) is -3.72. The van der Waals surface area contributed by atoms with E-state index in [1.807, 2.05) is 39.8 Å². The minimum atomic E-state index is -4.35. The van der Waals surface area contributed by atoms with Gasteiger partial charge >= 0.3 is 12.1 Å². The molecule has 2 unspecified atom stereocenters. The molecule has 0 saturated heterocycles. The lowest BCUT2D eigenvalue weighted by atomic mass is 9.89. The predicted molar refractivity (Wildman–Crippen MR) is 118 cm³/mol. The summed E-state index contributed by atoms with van der Waals surface area (Å²) >= 11 is 1.45. The van der Waals surface area contributed by atoms with Crippen molar-refractivity contribution in [1.29, 1.82) is 0 Å². The molecular weight excluding hydrogens is 423 g/mol. The highest BCUT2D eigenvalue weighted by Crippen LogP contribution is 2.36. The van der Waals surface area contributed by atoms with Crippen LogP contribution < -0.4 is 5.73 Å². The molecule has 166 valence electrons. The van der Waals surface area contributed by atoms with Crippen LogP contribution in [0.5, 0.6) is 0 Å². The molecule has 31 heavy (non-hydrogen) atoms. The SMILES string of the molecule is Cc1cc(C)c(C2=C(N)CC(CC(C)Sc3ccc(C(F)(F)F)cc3)OC2=O)c(C)c1. The Labute approximate surface area is 184 Å². The molecule has 0 aromatic heterocycles. The van der Waals surface area contributed by atoms with Crippen LogP contribution in [0, 0.1) is 20.8 Å². The minimum Gasteiger partial charge on any atom is -0.458 e. The molecule has 1 aliphatic heterocycles. The van der Waals surface area contributed by atoms with E-state index >= 15 is 0 Å². The van der Waals surface area contributed by atoms with Gasteiger partial charge in [0.25, 0.3) is 0 Å². The number of carbonyl (C=O) groups is 1. The second kappa shape index (κ2) is 8.99. The molecule has 2 atom stereocenters. The summed E-state index contributed by atoms with van der Waals surface area (Å²) in [5, 5.41) is 0.0340. The maximum absolute atomic E-state index is 12.8. The average molecular weight is 450 g/mol. The topological polar surface area (TPSA) is 52.3 Å². The van der Waals surface area contributed by atoms with Gasteiger partial charge < -0.3 is 10.5 Å². The summed E-state index contributed by atoms with van der Waals surface area (Å²) in [6, 6.07) is 9.12. The number of benzene rings is 2. The number of esters is 1. The standard InChI is InChI=1S/C24H26F3NO2S/c1-13-9-14(2)21(15(3)10-13)22-20(28)12-18(30-23(22)29)11-16(4)31-19-7-5-17(6-8-19)24(25,26)27/h5-10,16,18H,11-12,28H2,1-4H3. The Morgan fingerprint density at radius 1 is 1.13 bits per heavy atom. The van der Waals surface area contributed by atoms with E-state index in [2.05, 4.69) is 0 Å². The van der Waals surface area contributed by atoms with Crippen LogP contribution in [0.3, 0.4) is 0 Å². The molecule has 2 aromatic rings. The fraction of sp³-hybridized carbons (Fsp3) is 0.375. The smallest absolute Gasteiger partial charge is 0.416 e. The number of ether oxygens (including phenoxy) is 1. The number of hydrogen-bond donors (Lipinski definition) is 1. The summed E-state index contributed by atoms with van der Waals surface area (Å²) in [7, 11) is 0. The van der Waals surface area contributed by atoms with Gasteiger partial charge in [0.15, 0.2) is 0 Å². The molecule has 1 heterocycles. The number of aryl methyl sites for hydroxylation is 3. The first-order valence-electron chi connectivity index (χ1n) is 10.1. The maximum Gasteiger partial charge on any atom is 0.416 e. The Morgan fingerprint density at radius 2 is 1.71 bits per heavy atom. The molecule has 2 aromatic carbocycles. The maximum atomic E-state index is 12.8. The van der Waals surface area contributed by atoms with E-state index in [1.165, 1.54) is 23.9 Å². The van der Waals surface area contributed by atoms with E-state index in [9.17, 15) is 18.0 Å². The van der Waals surface area contributed by atoms with Gasteiger partial charge in [0.2, 0.25) is 0 Å². The summed E-state index contributed by atoms with van der Waals surface area (Å²) in [5.74, 6) is -0.421. The number of cyclic esters (lactones) is 1. The predicted octanol–water partition coefficient (Wildman–Crippen LogP) is 6.19. The number of carbonyl (C=O) groups excluding carboxylic acids is 1. The lowest BCUT2D eigenvalue weighted by Gasteiger charge is -2.28. The third-order valence-electron chi connectivity index (χ3n) is 5.29. The highest BCUT2D eigenvalue weighted by Gasteiger charge is 2.32. The van der Waals surface area contributed by atoms with Gasteiger partial charge in [-0.05, 0) is 68.1 Å². The average Bonchev–Trinajstić information content (AvgIpc) is 2.62. The monoisotopic (exact) mass is 449 g/mol. The van der Waals surface area contributed by atoms with Crippen LogP contribution in [0.4, 0.5) is 13.2 Å². The zero-order valence-electron chi connectivity index (χ0n) is 18.0. The van der Waals surface area contributed by atoms with Crippen molar-refractivity contribution in [2.45, 2.75) is 63.0 Å². The van der Waals surface area contributed by atoms with Crippen LogP contribution in [0.25, 0.3) is 5.57 Å². The molecule has 3 rings (SSSR count). The van der Waals surface area contributed by atoms with E-state index < -0.39 is 17.7 Å². The van der Waals surface area contributed by atoms with E-state index in [1.54, 1.807) is 0 Å². The van der Waals surface area contributed by atoms with Crippen molar-refractivity contribution < 1.29 is 22.7 Å². The summed E-state index contributed by atoms with van der Waals surface area (Å²) < 4.78 is 43.8. The normalized spacial score (nSPS) is 18.2. The summed E-state index contributed by atoms with van der Waals surface area (Å²) in [6.45, 7) is 7.88. The summed E-state index contributed by atoms with van der Waals surface area (Å²) in [4.78, 5) is 13.5. The molecule has 0 spiro atoms. The highest BCUT2D eigenvalue weighted by molar-refractivity contribution is 7.99. The first-order chi connectivity index (χ1) is 14.5. The van der Waals surface area contributed by atoms with Crippen LogP contribution in [0.1, 0.15) is 47.6 Å². The molecule has 1 aliphatic rings. The van der Waals surface area contributed by atoms with Crippen molar-refractivity contribution >= 4 is 23.3 Å². The van der Waals surface area contributed by atoms with Crippen molar-refractivity contribution in [3.05, 3.63) is 69.9 Å². The largest absolute Gasteiger partial charge is 0.458 e. The van der Waals surface area contributed by atoms with Crippen molar-refractivity contribution in [2.24, 2.45) is 5.73 Å². The number of thioether (sulfide) groups is 1. The number of halogens is 3. The zero-order chi connectivity index (χ0) is 22.9. The molecule has 0 fully saturated rings. The zero-order valence-corrected chi connectivity index (χ0v) is 18.8. The molecular formula is C24H26F3NO2S. The van der Waals surface area contributed by atoms with Crippen molar-refractivity contribution in [2.75, 3.05) is 0 Å². The van der Waals surface area contributed by atoms with Gasteiger partial charge in [0, 0.05) is 22.3 Å². The van der Waals surface area contributed by atoms with Gasteiger partial charge in [-0.15, -0.1) is 11.8 Å². The molecule has 0 bridgehead atoms. The lowest BCUT2D eigenvalue weighted by Crippen LogP contribution is -2.31. The molecule has 2 N–H and O–H groups in total. The first-order valence-corrected chi connectivity index (χ1v) is 11.0. The van der Waals surface area contributed by atoms with Crippen molar-refractivity contribution in [3.63, 3.8) is 0 Å². The Bertz CT molecular complexity index is 989. The quantitative estimate of drug-likeness (QED) is 0.437. The van der Waals surface area contributed by atoms with E-state index in [0.29, 0.717) is 24.1 Å². The van der Waals surface area contributed by atoms with Gasteiger partial charge in [0.05, 0.1) is 11.1 Å². The van der Waals surface area contributed by atoms with E-state index in [-0.39, 0.29) is 11.4 Å². The van der Waals surface area contributed by atoms with Gasteiger partial charge in [-0.1, -0.05) is 24.6 Å². The first kappa shape index (κ1) is 23.3. The third-order valence-corrected chi connectivity index (χ3v) is 6.43. The van der Waals surface area contributed by atoms with Gasteiger partial charge in [-0.2, -0.15) is 13.2 Å².